The Hall–Kier alpha value is -1.12. The van der Waals surface area contributed by atoms with Crippen molar-refractivity contribution in [1.82, 2.24) is 0 Å². The largest absolute Gasteiger partial charge is 0.330 e. The van der Waals surface area contributed by atoms with Crippen LogP contribution in [0, 0.1) is 6.92 Å². The van der Waals surface area contributed by atoms with Gasteiger partial charge in [-0.25, -0.2) is 0 Å². The Morgan fingerprint density at radius 3 is 2.81 bits per heavy atom. The van der Waals surface area contributed by atoms with Crippen molar-refractivity contribution in [2.75, 3.05) is 6.54 Å². The van der Waals surface area contributed by atoms with E-state index >= 15 is 0 Å². The second-order valence-corrected chi connectivity index (χ2v) is 5.16. The number of nitrogens with two attached hydrogens (primary N) is 1. The summed E-state index contributed by atoms with van der Waals surface area (Å²) < 4.78 is 0. The SMILES string of the molecule is Cc1cccc(-c2cc(C(C)CN)cs2)c1. The predicted octanol–water partition coefficient (Wildman–Crippen LogP) is 3.79. The molecule has 2 N–H and O–H groups in total. The minimum Gasteiger partial charge on any atom is -0.330 e. The van der Waals surface area contributed by atoms with Gasteiger partial charge in [-0.1, -0.05) is 36.8 Å². The zero-order valence-electron chi connectivity index (χ0n) is 9.73. The lowest BCUT2D eigenvalue weighted by Crippen LogP contribution is -2.07. The van der Waals surface area contributed by atoms with Gasteiger partial charge in [0, 0.05) is 4.88 Å². The molecule has 0 fully saturated rings. The van der Waals surface area contributed by atoms with Crippen molar-refractivity contribution in [3.63, 3.8) is 0 Å². The van der Waals surface area contributed by atoms with E-state index in [2.05, 4.69) is 49.6 Å². The molecule has 2 aromatic rings. The Labute approximate surface area is 101 Å². The summed E-state index contributed by atoms with van der Waals surface area (Å²) in [5.74, 6) is 0.454. The molecule has 0 aliphatic carbocycles. The van der Waals surface area contributed by atoms with Crippen LogP contribution in [0.3, 0.4) is 0 Å². The second kappa shape index (κ2) is 4.81. The number of benzene rings is 1. The van der Waals surface area contributed by atoms with Gasteiger partial charge in [0.2, 0.25) is 0 Å². The summed E-state index contributed by atoms with van der Waals surface area (Å²) in [6, 6.07) is 10.9. The summed E-state index contributed by atoms with van der Waals surface area (Å²) >= 11 is 1.80. The second-order valence-electron chi connectivity index (χ2n) is 4.25. The highest BCUT2D eigenvalue weighted by Gasteiger charge is 2.07. The molecule has 1 nitrogen and oxygen atoms in total. The first-order chi connectivity index (χ1) is 7.70. The molecule has 0 aliphatic rings. The minimum absolute atomic E-state index is 0.454. The zero-order valence-corrected chi connectivity index (χ0v) is 10.6. The lowest BCUT2D eigenvalue weighted by atomic mass is 10.0. The maximum absolute atomic E-state index is 5.68. The van der Waals surface area contributed by atoms with Crippen LogP contribution in [0.5, 0.6) is 0 Å². The zero-order chi connectivity index (χ0) is 11.5. The first-order valence-electron chi connectivity index (χ1n) is 5.56. The van der Waals surface area contributed by atoms with Crippen LogP contribution in [-0.4, -0.2) is 6.54 Å². The smallest absolute Gasteiger partial charge is 0.0345 e. The number of thiophene rings is 1. The standard InChI is InChI=1S/C14H17NS/c1-10-4-3-5-12(6-10)14-7-13(9-16-14)11(2)8-15/h3-7,9,11H,8,15H2,1-2H3. The Morgan fingerprint density at radius 2 is 2.12 bits per heavy atom. The van der Waals surface area contributed by atoms with Crippen LogP contribution in [0.1, 0.15) is 24.0 Å². The van der Waals surface area contributed by atoms with Crippen molar-refractivity contribution in [3.05, 3.63) is 46.8 Å². The maximum atomic E-state index is 5.68. The van der Waals surface area contributed by atoms with E-state index in [1.54, 1.807) is 11.3 Å². The van der Waals surface area contributed by atoms with Crippen molar-refractivity contribution in [2.24, 2.45) is 5.73 Å². The number of rotatable bonds is 3. The Morgan fingerprint density at radius 1 is 1.31 bits per heavy atom. The fourth-order valence-corrected chi connectivity index (χ4v) is 2.73. The molecule has 0 amide bonds. The van der Waals surface area contributed by atoms with E-state index < -0.39 is 0 Å². The molecule has 1 heterocycles. The van der Waals surface area contributed by atoms with E-state index in [0.29, 0.717) is 12.5 Å². The molecule has 1 aromatic heterocycles. The van der Waals surface area contributed by atoms with Crippen LogP contribution >= 0.6 is 11.3 Å². The summed E-state index contributed by atoms with van der Waals surface area (Å²) in [4.78, 5) is 1.33. The molecular formula is C14H17NS. The summed E-state index contributed by atoms with van der Waals surface area (Å²) in [6.07, 6.45) is 0. The molecule has 84 valence electrons. The normalized spacial score (nSPS) is 12.7. The highest BCUT2D eigenvalue weighted by Crippen LogP contribution is 2.30. The van der Waals surface area contributed by atoms with E-state index in [1.807, 2.05) is 0 Å². The number of hydrogen-bond acceptors (Lipinski definition) is 2. The van der Waals surface area contributed by atoms with Gasteiger partial charge in [0.1, 0.15) is 0 Å². The van der Waals surface area contributed by atoms with E-state index in [-0.39, 0.29) is 0 Å². The van der Waals surface area contributed by atoms with Crippen LogP contribution in [0.4, 0.5) is 0 Å². The van der Waals surface area contributed by atoms with E-state index in [1.165, 1.54) is 21.6 Å². The molecule has 0 saturated heterocycles. The average Bonchev–Trinajstić information content (AvgIpc) is 2.77. The number of hydrogen-bond donors (Lipinski definition) is 1. The van der Waals surface area contributed by atoms with Crippen LogP contribution in [0.25, 0.3) is 10.4 Å². The topological polar surface area (TPSA) is 26.0 Å². The van der Waals surface area contributed by atoms with Crippen LogP contribution in [-0.2, 0) is 0 Å². The van der Waals surface area contributed by atoms with E-state index in [9.17, 15) is 0 Å². The molecule has 2 rings (SSSR count). The molecule has 0 aliphatic heterocycles. The lowest BCUT2D eigenvalue weighted by Gasteiger charge is -2.04. The minimum atomic E-state index is 0.454. The summed E-state index contributed by atoms with van der Waals surface area (Å²) in [5.41, 5.74) is 9.64. The van der Waals surface area contributed by atoms with Crippen molar-refractivity contribution in [2.45, 2.75) is 19.8 Å². The predicted molar refractivity (Wildman–Crippen MR) is 72.0 cm³/mol. The Balaban J connectivity index is 2.31. The van der Waals surface area contributed by atoms with Crippen LogP contribution < -0.4 is 5.73 Å². The Bertz CT molecular complexity index is 473. The van der Waals surface area contributed by atoms with Gasteiger partial charge in [-0.2, -0.15) is 0 Å². The Kier molecular flexibility index (Phi) is 3.42. The van der Waals surface area contributed by atoms with Gasteiger partial charge in [-0.15, -0.1) is 11.3 Å². The highest BCUT2D eigenvalue weighted by atomic mass is 32.1. The third-order valence-corrected chi connectivity index (χ3v) is 3.84. The molecule has 0 spiro atoms. The van der Waals surface area contributed by atoms with Crippen LogP contribution in [0.15, 0.2) is 35.7 Å². The van der Waals surface area contributed by atoms with E-state index in [0.717, 1.165) is 0 Å². The fourth-order valence-electron chi connectivity index (χ4n) is 1.70. The first kappa shape index (κ1) is 11.4. The molecule has 0 radical (unpaired) electrons. The summed E-state index contributed by atoms with van der Waals surface area (Å²) in [6.45, 7) is 5.01. The highest BCUT2D eigenvalue weighted by molar-refractivity contribution is 7.13. The van der Waals surface area contributed by atoms with Gasteiger partial charge in [0.25, 0.3) is 0 Å². The lowest BCUT2D eigenvalue weighted by molar-refractivity contribution is 0.778. The van der Waals surface area contributed by atoms with Gasteiger partial charge in [-0.05, 0) is 42.0 Å². The van der Waals surface area contributed by atoms with Crippen molar-refractivity contribution < 1.29 is 0 Å². The van der Waals surface area contributed by atoms with Gasteiger partial charge in [-0.3, -0.25) is 0 Å². The van der Waals surface area contributed by atoms with Gasteiger partial charge < -0.3 is 5.73 Å². The fraction of sp³-hybridized carbons (Fsp3) is 0.286. The van der Waals surface area contributed by atoms with Crippen LogP contribution in [0.2, 0.25) is 0 Å². The molecule has 1 atom stereocenters. The van der Waals surface area contributed by atoms with Gasteiger partial charge in [0.15, 0.2) is 0 Å². The molecule has 16 heavy (non-hydrogen) atoms. The van der Waals surface area contributed by atoms with E-state index in [4.69, 9.17) is 5.73 Å². The molecular weight excluding hydrogens is 214 g/mol. The molecule has 0 bridgehead atoms. The quantitative estimate of drug-likeness (QED) is 0.854. The molecule has 1 aromatic carbocycles. The molecule has 1 unspecified atom stereocenters. The average molecular weight is 231 g/mol. The third kappa shape index (κ3) is 2.34. The summed E-state index contributed by atoms with van der Waals surface area (Å²) in [5, 5.41) is 2.22. The molecule has 2 heteroatoms. The third-order valence-electron chi connectivity index (χ3n) is 2.84. The van der Waals surface area contributed by atoms with Crippen molar-refractivity contribution in [3.8, 4) is 10.4 Å². The monoisotopic (exact) mass is 231 g/mol. The number of aryl methyl sites for hydroxylation is 1. The molecule has 0 saturated carbocycles. The van der Waals surface area contributed by atoms with Gasteiger partial charge in [0.05, 0.1) is 0 Å². The summed E-state index contributed by atoms with van der Waals surface area (Å²) in [7, 11) is 0. The van der Waals surface area contributed by atoms with Gasteiger partial charge >= 0.3 is 0 Å². The first-order valence-corrected chi connectivity index (χ1v) is 6.44. The van der Waals surface area contributed by atoms with Crippen molar-refractivity contribution in [1.29, 1.82) is 0 Å². The van der Waals surface area contributed by atoms with Crippen molar-refractivity contribution >= 4 is 11.3 Å². The maximum Gasteiger partial charge on any atom is 0.0345 e.